The van der Waals surface area contributed by atoms with Crippen molar-refractivity contribution in [1.29, 1.82) is 0 Å². The quantitative estimate of drug-likeness (QED) is 0.659. The highest BCUT2D eigenvalue weighted by atomic mass is 31.0. The molecule has 4 rings (SSSR count). The molecule has 1 unspecified atom stereocenters. The van der Waals surface area contributed by atoms with Crippen LogP contribution in [0.5, 0.6) is 0 Å². The Balaban J connectivity index is 1.56. The largest absolute Gasteiger partial charge is 0.330 e. The zero-order chi connectivity index (χ0) is 23.3. The van der Waals surface area contributed by atoms with Crippen molar-refractivity contribution in [3.63, 3.8) is 0 Å². The van der Waals surface area contributed by atoms with Crippen molar-refractivity contribution in [2.24, 2.45) is 0 Å². The number of nitrogens with zero attached hydrogens (tertiary/aromatic N) is 3. The summed E-state index contributed by atoms with van der Waals surface area (Å²) in [6.07, 6.45) is 4.92. The third kappa shape index (κ3) is 4.01. The molecule has 5 nitrogen and oxygen atoms in total. The van der Waals surface area contributed by atoms with Crippen molar-refractivity contribution in [3.05, 3.63) is 58.9 Å². The molecule has 172 valence electrons. The van der Waals surface area contributed by atoms with Gasteiger partial charge in [-0.15, -0.1) is 0 Å². The van der Waals surface area contributed by atoms with Crippen LogP contribution in [0, 0.1) is 13.8 Å². The maximum absolute atomic E-state index is 13.6. The van der Waals surface area contributed by atoms with Crippen molar-refractivity contribution in [1.82, 2.24) is 15.2 Å². The monoisotopic (exact) mass is 460 g/mol. The molecule has 2 aliphatic rings. The third-order valence-electron chi connectivity index (χ3n) is 7.24. The normalized spacial score (nSPS) is 26.1. The Kier molecular flexibility index (Phi) is 5.79. The fourth-order valence-corrected chi connectivity index (χ4v) is 5.43. The third-order valence-corrected chi connectivity index (χ3v) is 7.54. The Morgan fingerprint density at radius 3 is 2.41 bits per heavy atom. The molecule has 2 heterocycles. The second-order valence-electron chi connectivity index (χ2n) is 9.57. The second kappa shape index (κ2) is 8.03. The molecule has 1 aliphatic heterocycles. The van der Waals surface area contributed by atoms with E-state index in [1.165, 1.54) is 32.6 Å². The van der Waals surface area contributed by atoms with E-state index in [-0.39, 0.29) is 22.8 Å². The number of aryl methyl sites for hydroxylation is 2. The highest BCUT2D eigenvalue weighted by Crippen LogP contribution is 2.47. The summed E-state index contributed by atoms with van der Waals surface area (Å²) in [6.45, 7) is 4.37. The van der Waals surface area contributed by atoms with Crippen molar-refractivity contribution in [2.45, 2.75) is 56.3 Å². The number of alkyl halides is 2. The zero-order valence-electron chi connectivity index (χ0n) is 19.1. The predicted molar refractivity (Wildman–Crippen MR) is 126 cm³/mol. The molecule has 1 aliphatic carbocycles. The lowest BCUT2D eigenvalue weighted by Crippen LogP contribution is -2.54. The minimum absolute atomic E-state index is 0.0705. The van der Waals surface area contributed by atoms with Gasteiger partial charge in [-0.05, 0) is 70.8 Å². The summed E-state index contributed by atoms with van der Waals surface area (Å²) in [5.41, 5.74) is -0.0476. The second-order valence-corrected chi connectivity index (χ2v) is 10.3. The minimum Gasteiger partial charge on any atom is -0.330 e. The molecule has 1 N–H and O–H groups in total. The number of anilines is 1. The number of urea groups is 1. The van der Waals surface area contributed by atoms with E-state index >= 15 is 0 Å². The van der Waals surface area contributed by atoms with E-state index in [9.17, 15) is 13.6 Å². The molecule has 1 saturated heterocycles. The number of hydrogen-bond acceptors (Lipinski definition) is 3. The molecule has 32 heavy (non-hydrogen) atoms. The van der Waals surface area contributed by atoms with Crippen LogP contribution in [0.15, 0.2) is 36.5 Å². The smallest absolute Gasteiger partial charge is 0.322 e. The summed E-state index contributed by atoms with van der Waals surface area (Å²) >= 11 is 0. The standard InChI is InChI=1S/C24H31F2N4OP/c1-16-6-5-7-18(12-16)23(29(3)4)10-8-22(9-11-23)15-30(21(31)28-22)19-14-27-20(13-17(19)2)24(25,26)32/h5-7,12-14H,8-11,15,32H2,1-4H3,(H,28,31)/t22-,23+. The molecule has 1 spiro atoms. The van der Waals surface area contributed by atoms with Gasteiger partial charge in [-0.3, -0.25) is 14.8 Å². The van der Waals surface area contributed by atoms with Gasteiger partial charge in [0.15, 0.2) is 0 Å². The number of pyridine rings is 1. The van der Waals surface area contributed by atoms with Gasteiger partial charge in [-0.1, -0.05) is 39.1 Å². The van der Waals surface area contributed by atoms with Crippen molar-refractivity contribution in [3.8, 4) is 0 Å². The van der Waals surface area contributed by atoms with Crippen molar-refractivity contribution < 1.29 is 13.6 Å². The number of nitrogens with one attached hydrogen (secondary N) is 1. The molecule has 1 aromatic heterocycles. The Morgan fingerprint density at radius 2 is 1.84 bits per heavy atom. The van der Waals surface area contributed by atoms with E-state index in [4.69, 9.17) is 0 Å². The van der Waals surface area contributed by atoms with E-state index in [2.05, 4.69) is 60.5 Å². The van der Waals surface area contributed by atoms with Gasteiger partial charge in [-0.2, -0.15) is 8.78 Å². The summed E-state index contributed by atoms with van der Waals surface area (Å²) in [5.74, 6) is 0. The van der Waals surface area contributed by atoms with Gasteiger partial charge in [0.2, 0.25) is 0 Å². The average Bonchev–Trinajstić information content (AvgIpc) is 3.03. The summed E-state index contributed by atoms with van der Waals surface area (Å²) in [4.78, 5) is 20.8. The molecule has 0 radical (unpaired) electrons. The Labute approximate surface area is 190 Å². The summed E-state index contributed by atoms with van der Waals surface area (Å²) in [7, 11) is 5.75. The lowest BCUT2D eigenvalue weighted by Gasteiger charge is -2.48. The highest BCUT2D eigenvalue weighted by Gasteiger charge is 2.50. The van der Waals surface area contributed by atoms with Crippen LogP contribution in [0.3, 0.4) is 0 Å². The van der Waals surface area contributed by atoms with Gasteiger partial charge in [-0.25, -0.2) is 4.79 Å². The molecule has 8 heteroatoms. The van der Waals surface area contributed by atoms with Crippen LogP contribution in [0.25, 0.3) is 0 Å². The number of carbonyl (C=O) groups is 1. The van der Waals surface area contributed by atoms with Crippen molar-refractivity contribution in [2.75, 3.05) is 25.5 Å². The van der Waals surface area contributed by atoms with Gasteiger partial charge in [0.05, 0.1) is 24.0 Å². The number of rotatable bonds is 4. The first kappa shape index (κ1) is 23.1. The molecule has 2 fully saturated rings. The first-order valence-corrected chi connectivity index (χ1v) is 11.5. The number of carbonyl (C=O) groups excluding carboxylic acids is 1. The van der Waals surface area contributed by atoms with Gasteiger partial charge >= 0.3 is 6.03 Å². The van der Waals surface area contributed by atoms with Crippen LogP contribution < -0.4 is 10.2 Å². The number of halogens is 2. The molecule has 1 aromatic carbocycles. The molecular formula is C24H31F2N4OP. The number of hydrogen-bond donors (Lipinski definition) is 1. The Hall–Kier alpha value is -2.11. The molecule has 2 aromatic rings. The maximum atomic E-state index is 13.6. The highest BCUT2D eigenvalue weighted by molar-refractivity contribution is 7.17. The van der Waals surface area contributed by atoms with Crippen LogP contribution in [0.4, 0.5) is 19.3 Å². The van der Waals surface area contributed by atoms with Crippen molar-refractivity contribution >= 4 is 21.0 Å². The SMILES string of the molecule is Cc1cccc([C@]2(N(C)C)CC[C@@]3(CC2)CN(c2cnc(C(F)(F)P)cc2C)C(=O)N3)c1. The van der Waals surface area contributed by atoms with E-state index in [1.54, 1.807) is 11.8 Å². The van der Waals surface area contributed by atoms with Gasteiger partial charge < -0.3 is 5.32 Å². The van der Waals surface area contributed by atoms with Gasteiger partial charge in [0, 0.05) is 5.54 Å². The predicted octanol–water partition coefficient (Wildman–Crippen LogP) is 4.92. The van der Waals surface area contributed by atoms with Crippen LogP contribution >= 0.6 is 9.24 Å². The van der Waals surface area contributed by atoms with Gasteiger partial charge in [0.1, 0.15) is 5.69 Å². The Morgan fingerprint density at radius 1 is 1.16 bits per heavy atom. The van der Waals surface area contributed by atoms with E-state index < -0.39 is 5.66 Å². The number of aromatic nitrogens is 1. The fourth-order valence-electron chi connectivity index (χ4n) is 5.27. The van der Waals surface area contributed by atoms with E-state index in [0.717, 1.165) is 25.7 Å². The van der Waals surface area contributed by atoms with Crippen LogP contribution in [-0.2, 0) is 11.2 Å². The lowest BCUT2D eigenvalue weighted by molar-refractivity contribution is 0.0657. The maximum Gasteiger partial charge on any atom is 0.322 e. The van der Waals surface area contributed by atoms with Crippen LogP contribution in [0.2, 0.25) is 0 Å². The Bertz CT molecular complexity index is 1030. The van der Waals surface area contributed by atoms with Crippen LogP contribution in [-0.4, -0.2) is 42.1 Å². The van der Waals surface area contributed by atoms with E-state index in [0.29, 0.717) is 17.8 Å². The van der Waals surface area contributed by atoms with Gasteiger partial charge in [0.25, 0.3) is 5.66 Å². The topological polar surface area (TPSA) is 48.5 Å². The summed E-state index contributed by atoms with van der Waals surface area (Å²) in [5, 5.41) is 3.22. The zero-order valence-corrected chi connectivity index (χ0v) is 20.2. The molecular weight excluding hydrogens is 429 g/mol. The molecule has 1 atom stereocenters. The first-order valence-electron chi connectivity index (χ1n) is 10.9. The molecule has 2 amide bonds. The minimum atomic E-state index is -3.09. The number of benzene rings is 1. The fraction of sp³-hybridized carbons (Fsp3) is 0.500. The van der Waals surface area contributed by atoms with E-state index in [1.807, 2.05) is 0 Å². The number of amides is 2. The van der Waals surface area contributed by atoms with Crippen LogP contribution in [0.1, 0.15) is 48.1 Å². The molecule has 1 saturated carbocycles. The summed E-state index contributed by atoms with van der Waals surface area (Å²) in [6, 6.07) is 9.85. The molecule has 0 bridgehead atoms. The summed E-state index contributed by atoms with van der Waals surface area (Å²) < 4.78 is 27.2. The average molecular weight is 461 g/mol. The lowest BCUT2D eigenvalue weighted by atomic mass is 9.68. The first-order chi connectivity index (χ1) is 15.0.